The minimum absolute atomic E-state index is 0.219. The van der Waals surface area contributed by atoms with Crippen LogP contribution in [-0.2, 0) is 0 Å². The molecule has 0 amide bonds. The van der Waals surface area contributed by atoms with Gasteiger partial charge in [-0.05, 0) is 25.4 Å². The van der Waals surface area contributed by atoms with Crippen molar-refractivity contribution in [3.63, 3.8) is 0 Å². The fourth-order valence-corrected chi connectivity index (χ4v) is 1.00. The van der Waals surface area contributed by atoms with E-state index in [9.17, 15) is 4.39 Å². The first-order chi connectivity index (χ1) is 5.74. The first-order valence-electron chi connectivity index (χ1n) is 3.77. The Balaban J connectivity index is 2.84. The molecule has 59 valence electrons. The highest BCUT2D eigenvalue weighted by Crippen LogP contribution is 1.98. The van der Waals surface area contributed by atoms with Crippen molar-refractivity contribution in [2.24, 2.45) is 0 Å². The molecule has 0 aliphatic rings. The van der Waals surface area contributed by atoms with Gasteiger partial charge in [-0.15, -0.1) is 12.3 Å². The van der Waals surface area contributed by atoms with E-state index >= 15 is 0 Å². The summed E-state index contributed by atoms with van der Waals surface area (Å²) >= 11 is 0. The minimum Gasteiger partial charge on any atom is -0.207 e. The van der Waals surface area contributed by atoms with Crippen LogP contribution in [0.25, 0.3) is 0 Å². The third-order valence-electron chi connectivity index (χ3n) is 1.68. The summed E-state index contributed by atoms with van der Waals surface area (Å²) in [6.07, 6.45) is 5.64. The lowest BCUT2D eigenvalue weighted by molar-refractivity contribution is 0.628. The van der Waals surface area contributed by atoms with E-state index in [2.05, 4.69) is 5.92 Å². The number of aryl methyl sites for hydroxylation is 1. The number of benzene rings is 1. The number of hydrogen-bond donors (Lipinski definition) is 0. The normalized spacial score (nSPS) is 9.08. The summed E-state index contributed by atoms with van der Waals surface area (Å²) < 4.78 is 12.7. The lowest BCUT2D eigenvalue weighted by atomic mass is 9.66. The molecule has 0 aliphatic carbocycles. The molecular formula is C10H9BF. The molecule has 1 aromatic rings. The number of rotatable bonds is 2. The zero-order chi connectivity index (χ0) is 8.97. The Bertz CT molecular complexity index is 312. The lowest BCUT2D eigenvalue weighted by Crippen LogP contribution is -2.17. The molecular weight excluding hydrogens is 150 g/mol. The van der Waals surface area contributed by atoms with E-state index in [0.29, 0.717) is 6.32 Å². The van der Waals surface area contributed by atoms with Crippen LogP contribution in [0.4, 0.5) is 4.39 Å². The second-order valence-corrected chi connectivity index (χ2v) is 2.61. The highest BCUT2D eigenvalue weighted by atomic mass is 19.1. The predicted molar refractivity (Wildman–Crippen MR) is 50.2 cm³/mol. The van der Waals surface area contributed by atoms with Crippen LogP contribution in [-0.4, -0.2) is 7.28 Å². The molecule has 0 saturated carbocycles. The maximum atomic E-state index is 12.7. The number of hydrogen-bond acceptors (Lipinski definition) is 0. The summed E-state index contributed by atoms with van der Waals surface area (Å²) in [7, 11) is 1.85. The van der Waals surface area contributed by atoms with Gasteiger partial charge in [0.05, 0.1) is 0 Å². The summed E-state index contributed by atoms with van der Waals surface area (Å²) in [4.78, 5) is 0. The summed E-state index contributed by atoms with van der Waals surface area (Å²) in [6.45, 7) is 1.93. The van der Waals surface area contributed by atoms with Crippen molar-refractivity contribution in [3.05, 3.63) is 29.6 Å². The minimum atomic E-state index is -0.219. The maximum absolute atomic E-state index is 12.7. The fraction of sp³-hybridized carbons (Fsp3) is 0.200. The molecule has 0 heterocycles. The zero-order valence-corrected chi connectivity index (χ0v) is 6.97. The molecule has 0 atom stereocenters. The molecule has 1 aromatic carbocycles. The topological polar surface area (TPSA) is 0 Å². The summed E-state index contributed by atoms with van der Waals surface area (Å²) in [5.74, 6) is 2.27. The molecule has 0 N–H and O–H groups in total. The molecule has 1 rings (SSSR count). The fourth-order valence-electron chi connectivity index (χ4n) is 1.00. The second-order valence-electron chi connectivity index (χ2n) is 2.61. The smallest absolute Gasteiger partial charge is 0.166 e. The van der Waals surface area contributed by atoms with Crippen molar-refractivity contribution in [1.82, 2.24) is 0 Å². The van der Waals surface area contributed by atoms with Crippen LogP contribution in [0.3, 0.4) is 0 Å². The van der Waals surface area contributed by atoms with Crippen molar-refractivity contribution in [3.8, 4) is 12.3 Å². The molecule has 0 saturated heterocycles. The number of terminal acetylenes is 1. The first-order valence-corrected chi connectivity index (χ1v) is 3.77. The van der Waals surface area contributed by atoms with Crippen molar-refractivity contribution in [2.45, 2.75) is 13.2 Å². The van der Waals surface area contributed by atoms with Crippen molar-refractivity contribution in [1.29, 1.82) is 0 Å². The van der Waals surface area contributed by atoms with E-state index in [0.717, 1.165) is 11.0 Å². The Morgan fingerprint density at radius 3 is 3.00 bits per heavy atom. The van der Waals surface area contributed by atoms with E-state index < -0.39 is 0 Å². The average molecular weight is 159 g/mol. The van der Waals surface area contributed by atoms with E-state index in [1.807, 2.05) is 14.2 Å². The van der Waals surface area contributed by atoms with Gasteiger partial charge in [0.2, 0.25) is 0 Å². The third-order valence-corrected chi connectivity index (χ3v) is 1.68. The third kappa shape index (κ3) is 2.13. The van der Waals surface area contributed by atoms with E-state index in [-0.39, 0.29) is 5.82 Å². The molecule has 12 heavy (non-hydrogen) atoms. The molecule has 0 aromatic heterocycles. The highest BCUT2D eigenvalue weighted by Gasteiger charge is 1.99. The van der Waals surface area contributed by atoms with Crippen molar-refractivity contribution >= 4 is 12.7 Å². The van der Waals surface area contributed by atoms with Crippen LogP contribution in [0.1, 0.15) is 5.56 Å². The van der Waals surface area contributed by atoms with Gasteiger partial charge < -0.3 is 0 Å². The van der Waals surface area contributed by atoms with Crippen molar-refractivity contribution < 1.29 is 4.39 Å². The molecule has 2 heteroatoms. The Labute approximate surface area is 73.0 Å². The second kappa shape index (κ2) is 3.97. The van der Waals surface area contributed by atoms with Crippen LogP contribution in [0.5, 0.6) is 0 Å². The monoisotopic (exact) mass is 159 g/mol. The Hall–Kier alpha value is -1.23. The van der Waals surface area contributed by atoms with Gasteiger partial charge in [0.15, 0.2) is 7.28 Å². The van der Waals surface area contributed by atoms with Gasteiger partial charge in [-0.1, -0.05) is 17.1 Å². The van der Waals surface area contributed by atoms with Crippen LogP contribution in [0.2, 0.25) is 6.32 Å². The predicted octanol–water partition coefficient (Wildman–Crippen LogP) is 1.52. The Morgan fingerprint density at radius 2 is 2.33 bits per heavy atom. The van der Waals surface area contributed by atoms with Gasteiger partial charge in [-0.25, -0.2) is 4.39 Å². The standard InChI is InChI=1S/C10H9BF/c1-3-6-11-10-7-9(12)5-4-8(10)2/h1,4-5,7H,6H2,2H3. The lowest BCUT2D eigenvalue weighted by Gasteiger charge is -2.01. The molecule has 0 fully saturated rings. The SMILES string of the molecule is C#CC[B]c1cc(F)ccc1C. The van der Waals surface area contributed by atoms with E-state index in [1.165, 1.54) is 12.1 Å². The molecule has 0 aliphatic heterocycles. The van der Waals surface area contributed by atoms with Gasteiger partial charge in [0.25, 0.3) is 0 Å². The largest absolute Gasteiger partial charge is 0.207 e. The van der Waals surface area contributed by atoms with Gasteiger partial charge in [0, 0.05) is 0 Å². The van der Waals surface area contributed by atoms with E-state index in [4.69, 9.17) is 6.42 Å². The molecule has 0 bridgehead atoms. The van der Waals surface area contributed by atoms with Crippen LogP contribution < -0.4 is 5.46 Å². The average Bonchev–Trinajstić information content (AvgIpc) is 2.07. The van der Waals surface area contributed by atoms with Crippen LogP contribution in [0, 0.1) is 25.1 Å². The summed E-state index contributed by atoms with van der Waals surface area (Å²) in [5.41, 5.74) is 1.93. The highest BCUT2D eigenvalue weighted by molar-refractivity contribution is 6.54. The maximum Gasteiger partial charge on any atom is 0.166 e. The van der Waals surface area contributed by atoms with Gasteiger partial charge >= 0.3 is 0 Å². The Morgan fingerprint density at radius 1 is 1.58 bits per heavy atom. The molecule has 0 nitrogen and oxygen atoms in total. The summed E-state index contributed by atoms with van der Waals surface area (Å²) in [6, 6.07) is 4.69. The molecule has 1 radical (unpaired) electrons. The van der Waals surface area contributed by atoms with Crippen molar-refractivity contribution in [2.75, 3.05) is 0 Å². The van der Waals surface area contributed by atoms with E-state index in [1.54, 1.807) is 6.07 Å². The number of halogens is 1. The van der Waals surface area contributed by atoms with Crippen LogP contribution >= 0.6 is 0 Å². The van der Waals surface area contributed by atoms with Gasteiger partial charge in [-0.3, -0.25) is 0 Å². The van der Waals surface area contributed by atoms with Crippen LogP contribution in [0.15, 0.2) is 18.2 Å². The first kappa shape index (κ1) is 8.87. The Kier molecular flexibility index (Phi) is 2.93. The molecule has 0 unspecified atom stereocenters. The summed E-state index contributed by atoms with van der Waals surface area (Å²) in [5, 5.41) is 0. The van der Waals surface area contributed by atoms with Gasteiger partial charge in [-0.2, -0.15) is 0 Å². The quantitative estimate of drug-likeness (QED) is 0.453. The molecule has 0 spiro atoms. The zero-order valence-electron chi connectivity index (χ0n) is 6.97. The van der Waals surface area contributed by atoms with Gasteiger partial charge in [0.1, 0.15) is 5.82 Å².